The molecule has 1 aliphatic rings. The van der Waals surface area contributed by atoms with Crippen LogP contribution in [0.4, 0.5) is 0 Å². The summed E-state index contributed by atoms with van der Waals surface area (Å²) in [5.74, 6) is 1.63. The zero-order valence-electron chi connectivity index (χ0n) is 11.2. The van der Waals surface area contributed by atoms with Crippen molar-refractivity contribution in [2.45, 2.75) is 0 Å². The molecule has 0 aliphatic carbocycles. The molecule has 2 bridgehead atoms. The van der Waals surface area contributed by atoms with Crippen LogP contribution >= 0.6 is 11.3 Å². The third-order valence-electron chi connectivity index (χ3n) is 3.26. The van der Waals surface area contributed by atoms with Gasteiger partial charge in [0.2, 0.25) is 0 Å². The van der Waals surface area contributed by atoms with Crippen molar-refractivity contribution in [1.82, 2.24) is 10.2 Å². The van der Waals surface area contributed by atoms with Crippen LogP contribution in [-0.2, 0) is 0 Å². The fourth-order valence-corrected chi connectivity index (χ4v) is 3.19. The summed E-state index contributed by atoms with van der Waals surface area (Å²) >= 11 is 1.54. The summed E-state index contributed by atoms with van der Waals surface area (Å²) in [6, 6.07) is 15.8. The van der Waals surface area contributed by atoms with E-state index in [0.717, 1.165) is 32.6 Å². The zero-order chi connectivity index (χ0) is 14.1. The van der Waals surface area contributed by atoms with Crippen molar-refractivity contribution in [3.05, 3.63) is 48.5 Å². The lowest BCUT2D eigenvalue weighted by atomic mass is 10.2. The molecule has 2 aromatic carbocycles. The minimum atomic E-state index is 0.496. The van der Waals surface area contributed by atoms with Crippen molar-refractivity contribution in [3.8, 4) is 32.6 Å². The van der Waals surface area contributed by atoms with Gasteiger partial charge in [-0.1, -0.05) is 35.6 Å². The molecule has 0 spiro atoms. The summed E-state index contributed by atoms with van der Waals surface area (Å²) < 4.78 is 11.6. The molecule has 104 valence electrons. The van der Waals surface area contributed by atoms with Crippen LogP contribution in [0.2, 0.25) is 0 Å². The van der Waals surface area contributed by atoms with Gasteiger partial charge in [-0.15, -0.1) is 10.2 Å². The van der Waals surface area contributed by atoms with Crippen molar-refractivity contribution < 1.29 is 9.47 Å². The van der Waals surface area contributed by atoms with Crippen LogP contribution in [0.25, 0.3) is 21.1 Å². The lowest BCUT2D eigenvalue weighted by Crippen LogP contribution is -2.10. The first-order valence-electron chi connectivity index (χ1n) is 6.70. The molecule has 0 amide bonds. The fourth-order valence-electron chi connectivity index (χ4n) is 2.28. The second-order valence-electron chi connectivity index (χ2n) is 4.60. The average Bonchev–Trinajstić information content (AvgIpc) is 3.00. The second-order valence-corrected chi connectivity index (χ2v) is 5.58. The smallest absolute Gasteiger partial charge is 0.151 e. The van der Waals surface area contributed by atoms with E-state index in [2.05, 4.69) is 10.2 Å². The van der Waals surface area contributed by atoms with E-state index in [9.17, 15) is 0 Å². The zero-order valence-corrected chi connectivity index (χ0v) is 12.0. The van der Waals surface area contributed by atoms with Gasteiger partial charge in [-0.3, -0.25) is 0 Å². The molecule has 0 unspecified atom stereocenters. The summed E-state index contributed by atoms with van der Waals surface area (Å²) in [4.78, 5) is 0. The molecule has 0 saturated heterocycles. The molecule has 0 radical (unpaired) electrons. The Morgan fingerprint density at radius 1 is 0.714 bits per heavy atom. The topological polar surface area (TPSA) is 44.2 Å². The Bertz CT molecular complexity index is 721. The number of ether oxygens (including phenoxy) is 2. The number of hydrogen-bond acceptors (Lipinski definition) is 5. The first-order valence-corrected chi connectivity index (χ1v) is 7.51. The third kappa shape index (κ3) is 2.25. The summed E-state index contributed by atoms with van der Waals surface area (Å²) in [6.07, 6.45) is 0. The average molecular weight is 296 g/mol. The highest BCUT2D eigenvalue weighted by Crippen LogP contribution is 2.38. The van der Waals surface area contributed by atoms with Crippen molar-refractivity contribution in [2.24, 2.45) is 0 Å². The molecule has 3 aromatic rings. The summed E-state index contributed by atoms with van der Waals surface area (Å²) in [6.45, 7) is 0.992. The Hall–Kier alpha value is -2.40. The van der Waals surface area contributed by atoms with Gasteiger partial charge < -0.3 is 9.47 Å². The Morgan fingerprint density at radius 3 is 1.71 bits per heavy atom. The number of rotatable bonds is 0. The maximum atomic E-state index is 5.82. The van der Waals surface area contributed by atoms with Gasteiger partial charge in [-0.2, -0.15) is 0 Å². The van der Waals surface area contributed by atoms with Crippen molar-refractivity contribution in [3.63, 3.8) is 0 Å². The number of hydrogen-bond donors (Lipinski definition) is 0. The fraction of sp³-hybridized carbons (Fsp3) is 0.125. The molecule has 0 N–H and O–H groups in total. The van der Waals surface area contributed by atoms with E-state index in [0.29, 0.717) is 13.2 Å². The quantitative estimate of drug-likeness (QED) is 0.635. The van der Waals surface area contributed by atoms with Crippen molar-refractivity contribution in [1.29, 1.82) is 0 Å². The van der Waals surface area contributed by atoms with Crippen LogP contribution in [0, 0.1) is 0 Å². The third-order valence-corrected chi connectivity index (χ3v) is 4.25. The molecule has 4 rings (SSSR count). The molecule has 0 fully saturated rings. The molecule has 2 heterocycles. The van der Waals surface area contributed by atoms with E-state index in [1.54, 1.807) is 11.3 Å². The van der Waals surface area contributed by atoms with Crippen molar-refractivity contribution in [2.75, 3.05) is 13.2 Å². The normalized spacial score (nSPS) is 13.1. The van der Waals surface area contributed by atoms with E-state index in [-0.39, 0.29) is 0 Å². The molecule has 1 aromatic heterocycles. The van der Waals surface area contributed by atoms with E-state index in [4.69, 9.17) is 9.47 Å². The van der Waals surface area contributed by atoms with Gasteiger partial charge in [0.05, 0.1) is 11.1 Å². The van der Waals surface area contributed by atoms with Crippen molar-refractivity contribution >= 4 is 11.3 Å². The molecular formula is C16H12N2O2S. The molecule has 5 heteroatoms. The Kier molecular flexibility index (Phi) is 3.05. The maximum Gasteiger partial charge on any atom is 0.151 e. The minimum absolute atomic E-state index is 0.496. The van der Waals surface area contributed by atoms with Crippen LogP contribution in [0.15, 0.2) is 48.5 Å². The van der Waals surface area contributed by atoms with Crippen LogP contribution in [0.1, 0.15) is 0 Å². The molecule has 0 saturated carbocycles. The molecule has 0 atom stereocenters. The van der Waals surface area contributed by atoms with E-state index < -0.39 is 0 Å². The monoisotopic (exact) mass is 296 g/mol. The highest BCUT2D eigenvalue weighted by molar-refractivity contribution is 7.18. The highest BCUT2D eigenvalue weighted by atomic mass is 32.1. The number of benzene rings is 2. The van der Waals surface area contributed by atoms with Gasteiger partial charge in [0.1, 0.15) is 24.7 Å². The molecule has 4 nitrogen and oxygen atoms in total. The van der Waals surface area contributed by atoms with E-state index in [1.807, 2.05) is 48.5 Å². The SMILES string of the molecule is c1ccc2c(c1)OCCOc1ccccc1-c1nnc-2s1. The molecular weight excluding hydrogens is 284 g/mol. The highest BCUT2D eigenvalue weighted by Gasteiger charge is 2.16. The number of nitrogens with zero attached hydrogens (tertiary/aromatic N) is 2. The van der Waals surface area contributed by atoms with Gasteiger partial charge in [0, 0.05) is 0 Å². The predicted molar refractivity (Wildman–Crippen MR) is 81.8 cm³/mol. The molecule has 21 heavy (non-hydrogen) atoms. The Balaban J connectivity index is 1.89. The largest absolute Gasteiger partial charge is 0.489 e. The summed E-state index contributed by atoms with van der Waals surface area (Å²) in [7, 11) is 0. The Labute approximate surface area is 126 Å². The predicted octanol–water partition coefficient (Wildman–Crippen LogP) is 3.64. The summed E-state index contributed by atoms with van der Waals surface area (Å²) in [5, 5.41) is 10.3. The number of para-hydroxylation sites is 2. The number of aromatic nitrogens is 2. The van der Waals surface area contributed by atoms with Crippen LogP contribution in [-0.4, -0.2) is 23.4 Å². The molecule has 1 aliphatic heterocycles. The minimum Gasteiger partial charge on any atom is -0.489 e. The van der Waals surface area contributed by atoms with Gasteiger partial charge in [0.15, 0.2) is 10.0 Å². The van der Waals surface area contributed by atoms with Crippen LogP contribution < -0.4 is 9.47 Å². The standard InChI is InChI=1S/C16H12N2O2S/c1-3-7-13-11(5-1)15-17-18-16(21-15)12-6-2-4-8-14(12)20-10-9-19-13/h1-8H,9-10H2. The lowest BCUT2D eigenvalue weighted by Gasteiger charge is -2.11. The lowest BCUT2D eigenvalue weighted by molar-refractivity contribution is 0.218. The van der Waals surface area contributed by atoms with E-state index >= 15 is 0 Å². The number of fused-ring (bicyclic) bond motifs is 6. The van der Waals surface area contributed by atoms with E-state index in [1.165, 1.54) is 0 Å². The second kappa shape index (κ2) is 5.18. The first kappa shape index (κ1) is 12.3. The Morgan fingerprint density at radius 2 is 1.19 bits per heavy atom. The van der Waals surface area contributed by atoms with Crippen LogP contribution in [0.3, 0.4) is 0 Å². The van der Waals surface area contributed by atoms with Gasteiger partial charge in [-0.25, -0.2) is 0 Å². The van der Waals surface area contributed by atoms with Gasteiger partial charge in [-0.05, 0) is 24.3 Å². The maximum absolute atomic E-state index is 5.82. The van der Waals surface area contributed by atoms with Gasteiger partial charge in [0.25, 0.3) is 0 Å². The van der Waals surface area contributed by atoms with Crippen LogP contribution in [0.5, 0.6) is 11.5 Å². The summed E-state index contributed by atoms with van der Waals surface area (Å²) in [5.41, 5.74) is 1.95. The first-order chi connectivity index (χ1) is 10.4. The van der Waals surface area contributed by atoms with Gasteiger partial charge >= 0.3 is 0 Å².